The molecule has 3 aliphatic heterocycles. The first-order valence-corrected chi connectivity index (χ1v) is 16.7. The number of pyridine rings is 1. The number of aromatic nitrogens is 2. The monoisotopic (exact) mass is 719 g/mol. The average Bonchev–Trinajstić information content (AvgIpc) is 3.76. The van der Waals surface area contributed by atoms with E-state index in [0.717, 1.165) is 6.07 Å². The number of carbonyl (C=O) groups excluding carboxylic acids is 2. The van der Waals surface area contributed by atoms with Gasteiger partial charge in [0.1, 0.15) is 23.5 Å². The first kappa shape index (κ1) is 33.3. The number of fused-ring (bicyclic) bond motifs is 1. The number of ether oxygens (including phenoxy) is 1. The first-order valence-electron chi connectivity index (χ1n) is 15.4. The average molecular weight is 720 g/mol. The fraction of sp³-hybridized carbons (Fsp3) is 0.235. The van der Waals surface area contributed by atoms with Crippen LogP contribution in [0.25, 0.3) is 11.1 Å². The second-order valence-corrected chi connectivity index (χ2v) is 13.1. The Morgan fingerprint density at radius 1 is 1.08 bits per heavy atom. The maximum absolute atomic E-state index is 14.3. The Morgan fingerprint density at radius 2 is 1.90 bits per heavy atom. The van der Waals surface area contributed by atoms with Crippen molar-refractivity contribution in [3.8, 4) is 11.1 Å². The summed E-state index contributed by atoms with van der Waals surface area (Å²) in [5, 5.41) is 14.9. The minimum atomic E-state index is -1.35. The van der Waals surface area contributed by atoms with E-state index < -0.39 is 35.2 Å². The molecule has 7 rings (SSSR count). The highest BCUT2D eigenvalue weighted by Gasteiger charge is 2.42. The molecule has 0 saturated carbocycles. The van der Waals surface area contributed by atoms with Crippen molar-refractivity contribution < 1.29 is 33.0 Å². The van der Waals surface area contributed by atoms with Gasteiger partial charge in [0.2, 0.25) is 0 Å². The minimum absolute atomic E-state index is 0.114. The summed E-state index contributed by atoms with van der Waals surface area (Å²) >= 11 is 7.85. The molecule has 12 nitrogen and oxygen atoms in total. The van der Waals surface area contributed by atoms with Gasteiger partial charge in [-0.2, -0.15) is 0 Å². The van der Waals surface area contributed by atoms with Crippen molar-refractivity contribution in [1.29, 1.82) is 0 Å². The van der Waals surface area contributed by atoms with E-state index in [-0.39, 0.29) is 29.2 Å². The number of hydrogen-bond donors (Lipinski definition) is 2. The molecule has 0 spiro atoms. The molecule has 2 fully saturated rings. The maximum Gasteiger partial charge on any atom is 0.338 e. The summed E-state index contributed by atoms with van der Waals surface area (Å²) in [6, 6.07) is 9.89. The number of halogens is 3. The van der Waals surface area contributed by atoms with Crippen LogP contribution in [-0.2, 0) is 9.53 Å². The number of benzene rings is 2. The highest BCUT2D eigenvalue weighted by Crippen LogP contribution is 2.37. The standard InChI is InChI=1S/C34H28ClF2N7O5S/c1-49-33(47)28-26(40-30(31-38-8-11-50-31)41-29(28)22-6-4-20(36)13-24(22)35)17-42-9-10-43-21(15-42)16-44(34(43)48)27-7-3-19(14-39-27)18-2-5-23(32(45)46)25(37)12-18/h2-8,11-14,21,29H,9-10,15-17H2,1H3,(H,40,41)(H,45,46)/t21-,29-/m0/s1. The summed E-state index contributed by atoms with van der Waals surface area (Å²) in [7, 11) is 1.28. The third-order valence-electron chi connectivity index (χ3n) is 8.80. The Kier molecular flexibility index (Phi) is 9.03. The number of rotatable bonds is 8. The van der Waals surface area contributed by atoms with Crippen LogP contribution in [0.1, 0.15) is 27.0 Å². The van der Waals surface area contributed by atoms with Crippen LogP contribution in [0.4, 0.5) is 19.4 Å². The summed E-state index contributed by atoms with van der Waals surface area (Å²) in [6.07, 6.45) is 3.16. The van der Waals surface area contributed by atoms with Gasteiger partial charge in [0.05, 0.1) is 30.8 Å². The zero-order valence-corrected chi connectivity index (χ0v) is 27.9. The molecular formula is C34H28ClF2N7O5S. The van der Waals surface area contributed by atoms with Gasteiger partial charge in [0, 0.05) is 65.8 Å². The number of esters is 1. The lowest BCUT2D eigenvalue weighted by molar-refractivity contribution is -0.136. The highest BCUT2D eigenvalue weighted by atomic mass is 35.5. The van der Waals surface area contributed by atoms with E-state index in [4.69, 9.17) is 26.4 Å². The number of aliphatic imine (C=N–C) groups is 1. The number of carboxylic acid groups (broad SMARTS) is 1. The van der Waals surface area contributed by atoms with Crippen molar-refractivity contribution in [3.63, 3.8) is 0 Å². The summed E-state index contributed by atoms with van der Waals surface area (Å²) < 4.78 is 33.5. The lowest BCUT2D eigenvalue weighted by atomic mass is 9.95. The maximum atomic E-state index is 14.3. The lowest BCUT2D eigenvalue weighted by Crippen LogP contribution is -2.53. The van der Waals surface area contributed by atoms with Crippen molar-refractivity contribution in [2.75, 3.05) is 44.7 Å². The molecule has 0 aliphatic carbocycles. The van der Waals surface area contributed by atoms with Gasteiger partial charge in [0.15, 0.2) is 10.8 Å². The predicted molar refractivity (Wildman–Crippen MR) is 181 cm³/mol. The van der Waals surface area contributed by atoms with E-state index >= 15 is 0 Å². The number of carbonyl (C=O) groups is 3. The van der Waals surface area contributed by atoms with Crippen LogP contribution in [0.2, 0.25) is 5.02 Å². The molecule has 4 aromatic rings. The van der Waals surface area contributed by atoms with Crippen LogP contribution in [0.5, 0.6) is 0 Å². The van der Waals surface area contributed by atoms with Crippen molar-refractivity contribution in [2.24, 2.45) is 4.99 Å². The van der Waals surface area contributed by atoms with Gasteiger partial charge >= 0.3 is 18.0 Å². The summed E-state index contributed by atoms with van der Waals surface area (Å²) in [6.45, 7) is 2.06. The van der Waals surface area contributed by atoms with E-state index in [2.05, 4.69) is 20.2 Å². The van der Waals surface area contributed by atoms with E-state index in [0.29, 0.717) is 65.2 Å². The van der Waals surface area contributed by atoms with Gasteiger partial charge in [-0.05, 0) is 42.0 Å². The van der Waals surface area contributed by atoms with Crippen LogP contribution < -0.4 is 10.2 Å². The van der Waals surface area contributed by atoms with E-state index in [9.17, 15) is 23.2 Å². The van der Waals surface area contributed by atoms with Gasteiger partial charge in [-0.3, -0.25) is 14.8 Å². The molecule has 2 atom stereocenters. The number of piperazine rings is 1. The van der Waals surface area contributed by atoms with Crippen molar-refractivity contribution >= 4 is 52.6 Å². The fourth-order valence-corrected chi connectivity index (χ4v) is 7.24. The zero-order chi connectivity index (χ0) is 35.1. The van der Waals surface area contributed by atoms with Gasteiger partial charge in [-0.1, -0.05) is 23.7 Å². The number of anilines is 1. The second kappa shape index (κ2) is 13.6. The topological polar surface area (TPSA) is 141 Å². The smallest absolute Gasteiger partial charge is 0.338 e. The zero-order valence-electron chi connectivity index (χ0n) is 26.3. The number of thiazole rings is 1. The number of aromatic carboxylic acids is 1. The Bertz CT molecular complexity index is 2060. The van der Waals surface area contributed by atoms with Gasteiger partial charge in [-0.15, -0.1) is 11.3 Å². The molecule has 0 bridgehead atoms. The number of urea groups is 1. The normalized spacial score (nSPS) is 19.3. The molecule has 5 heterocycles. The van der Waals surface area contributed by atoms with Crippen molar-refractivity contribution in [2.45, 2.75) is 12.1 Å². The van der Waals surface area contributed by atoms with E-state index in [1.165, 1.54) is 55.0 Å². The summed E-state index contributed by atoms with van der Waals surface area (Å²) in [5.41, 5.74) is 1.79. The lowest BCUT2D eigenvalue weighted by Gasteiger charge is -2.38. The second-order valence-electron chi connectivity index (χ2n) is 11.8. The number of amidine groups is 1. The SMILES string of the molecule is COC(=O)C1=C(CN2CCN3C(=O)N(c4ccc(-c5ccc(C(=O)O)c(F)c5)cn4)C[C@@H]3C2)NC(c2nccs2)=N[C@H]1c1ccc(F)cc1Cl. The fourth-order valence-electron chi connectivity index (χ4n) is 6.38. The Balaban J connectivity index is 1.11. The predicted octanol–water partition coefficient (Wildman–Crippen LogP) is 4.98. The largest absolute Gasteiger partial charge is 0.478 e. The molecule has 50 heavy (non-hydrogen) atoms. The van der Waals surface area contributed by atoms with Crippen molar-refractivity contribution in [1.82, 2.24) is 25.1 Å². The number of nitrogens with zero attached hydrogens (tertiary/aromatic N) is 6. The number of nitrogens with one attached hydrogen (secondary N) is 1. The van der Waals surface area contributed by atoms with Crippen LogP contribution >= 0.6 is 22.9 Å². The Labute approximate surface area is 293 Å². The molecule has 0 unspecified atom stereocenters. The number of hydrogen-bond acceptors (Lipinski definition) is 10. The van der Waals surface area contributed by atoms with Gasteiger partial charge in [-0.25, -0.2) is 33.1 Å². The molecule has 2 amide bonds. The Morgan fingerprint density at radius 3 is 2.58 bits per heavy atom. The van der Waals surface area contributed by atoms with E-state index in [1.807, 2.05) is 0 Å². The minimum Gasteiger partial charge on any atom is -0.478 e. The summed E-state index contributed by atoms with van der Waals surface area (Å²) in [5.74, 6) is -2.48. The molecule has 256 valence electrons. The van der Waals surface area contributed by atoms with Crippen LogP contribution in [-0.4, -0.2) is 94.6 Å². The van der Waals surface area contributed by atoms with E-state index in [1.54, 1.807) is 33.5 Å². The Hall–Kier alpha value is -5.25. The molecule has 2 aromatic heterocycles. The third kappa shape index (κ3) is 6.30. The highest BCUT2D eigenvalue weighted by molar-refractivity contribution is 7.11. The molecule has 16 heteroatoms. The van der Waals surface area contributed by atoms with Crippen LogP contribution in [0.3, 0.4) is 0 Å². The molecular weight excluding hydrogens is 692 g/mol. The molecule has 0 radical (unpaired) electrons. The first-order chi connectivity index (χ1) is 24.1. The van der Waals surface area contributed by atoms with Crippen LogP contribution in [0, 0.1) is 11.6 Å². The number of carboxylic acids is 1. The van der Waals surface area contributed by atoms with Crippen molar-refractivity contribution in [3.05, 3.63) is 110 Å². The third-order valence-corrected chi connectivity index (χ3v) is 9.91. The number of amides is 2. The number of methoxy groups -OCH3 is 1. The van der Waals surface area contributed by atoms with Gasteiger partial charge < -0.3 is 20.1 Å². The molecule has 2 aromatic carbocycles. The summed E-state index contributed by atoms with van der Waals surface area (Å²) in [4.78, 5) is 57.1. The van der Waals surface area contributed by atoms with Crippen LogP contribution in [0.15, 0.2) is 82.6 Å². The molecule has 3 aliphatic rings. The van der Waals surface area contributed by atoms with Gasteiger partial charge in [0.25, 0.3) is 0 Å². The molecule has 2 saturated heterocycles. The quantitative estimate of drug-likeness (QED) is 0.241. The molecule has 2 N–H and O–H groups in total.